The van der Waals surface area contributed by atoms with Crippen LogP contribution in [0.1, 0.15) is 87.4 Å². The van der Waals surface area contributed by atoms with Crippen molar-refractivity contribution in [3.8, 4) is 11.5 Å². The van der Waals surface area contributed by atoms with Crippen molar-refractivity contribution in [2.75, 3.05) is 31.7 Å². The van der Waals surface area contributed by atoms with Crippen molar-refractivity contribution >= 4 is 11.5 Å². The van der Waals surface area contributed by atoms with Crippen LogP contribution in [0.25, 0.3) is 0 Å². The zero-order chi connectivity index (χ0) is 26.5. The Morgan fingerprint density at radius 2 is 1.86 bits per heavy atom. The molecule has 2 heterocycles. The summed E-state index contributed by atoms with van der Waals surface area (Å²) >= 11 is 0. The van der Waals surface area contributed by atoms with Gasteiger partial charge in [0.15, 0.2) is 12.1 Å². The van der Waals surface area contributed by atoms with Gasteiger partial charge in [-0.2, -0.15) is 0 Å². The maximum Gasteiger partial charge on any atom is 0.227 e. The van der Waals surface area contributed by atoms with E-state index in [2.05, 4.69) is 12.2 Å². The van der Waals surface area contributed by atoms with Gasteiger partial charge in [0.05, 0.1) is 18.9 Å². The predicted molar refractivity (Wildman–Crippen MR) is 143 cm³/mol. The zero-order valence-corrected chi connectivity index (χ0v) is 22.4. The van der Waals surface area contributed by atoms with Crippen molar-refractivity contribution in [3.63, 3.8) is 0 Å². The quantitative estimate of drug-likeness (QED) is 0.218. The Bertz CT molecular complexity index is 1040. The van der Waals surface area contributed by atoms with Crippen LogP contribution in [0.2, 0.25) is 0 Å². The molecule has 3 rings (SSSR count). The summed E-state index contributed by atoms with van der Waals surface area (Å²) in [5.41, 5.74) is 2.44. The minimum atomic E-state index is -0.229. The van der Waals surface area contributed by atoms with E-state index >= 15 is 0 Å². The second-order valence-corrected chi connectivity index (χ2v) is 9.24. The fraction of sp³-hybridized carbons (Fsp3) is 0.586. The van der Waals surface area contributed by atoms with E-state index in [4.69, 9.17) is 23.4 Å². The highest BCUT2D eigenvalue weighted by atomic mass is 16.7. The Morgan fingerprint density at radius 3 is 2.51 bits per heavy atom. The number of carbonyl (C=O) groups is 1. The molecule has 1 aromatic heterocycles. The first kappa shape index (κ1) is 28.7. The van der Waals surface area contributed by atoms with Gasteiger partial charge in [-0.3, -0.25) is 9.59 Å². The molecule has 8 heteroatoms. The predicted octanol–water partition coefficient (Wildman–Crippen LogP) is 5.90. The summed E-state index contributed by atoms with van der Waals surface area (Å²) in [6, 6.07) is 5.16. The highest BCUT2D eigenvalue weighted by Gasteiger charge is 2.17. The number of unbranched alkanes of at least 4 members (excludes halogenated alkanes) is 2. The maximum absolute atomic E-state index is 12.3. The van der Waals surface area contributed by atoms with Crippen LogP contribution in [-0.2, 0) is 22.5 Å². The fourth-order valence-electron chi connectivity index (χ4n) is 4.32. The maximum atomic E-state index is 12.3. The van der Waals surface area contributed by atoms with Crippen LogP contribution in [0.4, 0.5) is 5.69 Å². The largest absolute Gasteiger partial charge is 0.493 e. The average Bonchev–Trinajstić information content (AvgIpc) is 2.90. The van der Waals surface area contributed by atoms with Gasteiger partial charge < -0.3 is 28.7 Å². The van der Waals surface area contributed by atoms with Crippen molar-refractivity contribution in [3.05, 3.63) is 51.6 Å². The van der Waals surface area contributed by atoms with Gasteiger partial charge in [-0.1, -0.05) is 13.3 Å². The Hall–Kier alpha value is -2.84. The highest BCUT2D eigenvalue weighted by molar-refractivity contribution is 6.00. The number of ketones is 1. The third kappa shape index (κ3) is 8.90. The van der Waals surface area contributed by atoms with Crippen molar-refractivity contribution in [1.29, 1.82) is 0 Å². The third-order valence-corrected chi connectivity index (χ3v) is 6.21. The van der Waals surface area contributed by atoms with E-state index in [0.29, 0.717) is 31.1 Å². The van der Waals surface area contributed by atoms with E-state index in [-0.39, 0.29) is 29.9 Å². The molecule has 204 valence electrons. The fourth-order valence-corrected chi connectivity index (χ4v) is 4.32. The average molecular weight is 516 g/mol. The normalized spacial score (nSPS) is 15.4. The number of nitrogens with one attached hydrogen (secondary N) is 1. The molecular formula is C29H41NO7. The summed E-state index contributed by atoms with van der Waals surface area (Å²) in [7, 11) is 0. The minimum Gasteiger partial charge on any atom is -0.493 e. The number of Topliss-reactive ketones (excluding diaryl/α,β-unsaturated/α-hetero) is 1. The van der Waals surface area contributed by atoms with Gasteiger partial charge in [-0.05, 0) is 70.9 Å². The second kappa shape index (κ2) is 15.4. The van der Waals surface area contributed by atoms with Gasteiger partial charge in [0, 0.05) is 30.3 Å². The molecule has 1 atom stereocenters. The summed E-state index contributed by atoms with van der Waals surface area (Å²) in [4.78, 5) is 24.4. The molecule has 0 bridgehead atoms. The van der Waals surface area contributed by atoms with Gasteiger partial charge in [0.1, 0.15) is 24.4 Å². The number of benzene rings is 1. The molecule has 1 fully saturated rings. The van der Waals surface area contributed by atoms with Crippen LogP contribution in [0.5, 0.6) is 11.5 Å². The second-order valence-electron chi connectivity index (χ2n) is 9.24. The molecule has 1 aliphatic rings. The summed E-state index contributed by atoms with van der Waals surface area (Å²) in [6.45, 7) is 8.38. The van der Waals surface area contributed by atoms with Gasteiger partial charge in [0.2, 0.25) is 11.2 Å². The van der Waals surface area contributed by atoms with Crippen molar-refractivity contribution in [2.45, 2.75) is 85.0 Å². The minimum absolute atomic E-state index is 0.0471. The Labute approximate surface area is 219 Å². The zero-order valence-electron chi connectivity index (χ0n) is 22.4. The number of hydrogen-bond donors (Lipinski definition) is 1. The highest BCUT2D eigenvalue weighted by Crippen LogP contribution is 2.32. The van der Waals surface area contributed by atoms with Gasteiger partial charge in [-0.15, -0.1) is 0 Å². The monoisotopic (exact) mass is 515 g/mol. The molecule has 1 N–H and O–H groups in total. The Morgan fingerprint density at radius 1 is 1.08 bits per heavy atom. The number of hydrogen-bond acceptors (Lipinski definition) is 8. The summed E-state index contributed by atoms with van der Waals surface area (Å²) in [5, 5.41) is 3.35. The van der Waals surface area contributed by atoms with Gasteiger partial charge in [0.25, 0.3) is 0 Å². The number of rotatable bonds is 16. The first-order valence-corrected chi connectivity index (χ1v) is 13.5. The summed E-state index contributed by atoms with van der Waals surface area (Å²) in [6.07, 6.45) is 8.47. The number of ether oxygens (including phenoxy) is 4. The van der Waals surface area contributed by atoms with Crippen LogP contribution in [0.3, 0.4) is 0 Å². The third-order valence-electron chi connectivity index (χ3n) is 6.21. The molecule has 0 radical (unpaired) electrons. The summed E-state index contributed by atoms with van der Waals surface area (Å²) < 4.78 is 28.4. The molecule has 37 heavy (non-hydrogen) atoms. The van der Waals surface area contributed by atoms with Crippen LogP contribution < -0.4 is 20.2 Å². The van der Waals surface area contributed by atoms with Crippen LogP contribution in [-0.4, -0.2) is 38.4 Å². The standard InChI is InChI=1S/C29H41NO7/c1-4-11-24-26(14-13-23(21(3)31)29(24)30-5-2)33-15-8-6-9-16-34-27-20-36-22(18-25(27)32)19-37-28-12-7-10-17-35-28/h13-14,18,20,28,30H,4-12,15-17,19H2,1-3H3. The first-order chi connectivity index (χ1) is 18.0. The van der Waals surface area contributed by atoms with E-state index in [1.807, 2.05) is 19.1 Å². The molecule has 1 aromatic carbocycles. The number of anilines is 1. The molecule has 1 unspecified atom stereocenters. The first-order valence-electron chi connectivity index (χ1n) is 13.5. The lowest BCUT2D eigenvalue weighted by Crippen LogP contribution is -2.22. The van der Waals surface area contributed by atoms with Gasteiger partial charge >= 0.3 is 0 Å². The van der Waals surface area contributed by atoms with E-state index in [0.717, 1.165) is 74.9 Å². The van der Waals surface area contributed by atoms with E-state index in [1.54, 1.807) is 6.92 Å². The van der Waals surface area contributed by atoms with E-state index < -0.39 is 0 Å². The lowest BCUT2D eigenvalue weighted by Gasteiger charge is -2.22. The molecule has 0 saturated carbocycles. The van der Waals surface area contributed by atoms with E-state index in [9.17, 15) is 9.59 Å². The SMILES string of the molecule is CCCc1c(OCCCCCOc2coc(COC3CCCCO3)cc2=O)ccc(C(C)=O)c1NCC. The van der Waals surface area contributed by atoms with Crippen LogP contribution >= 0.6 is 0 Å². The number of carbonyl (C=O) groups excluding carboxylic acids is 1. The van der Waals surface area contributed by atoms with Crippen LogP contribution in [0, 0.1) is 0 Å². The molecule has 1 aliphatic heterocycles. The topological polar surface area (TPSA) is 96.2 Å². The molecule has 1 saturated heterocycles. The molecule has 2 aromatic rings. The molecule has 8 nitrogen and oxygen atoms in total. The molecule has 0 amide bonds. The smallest absolute Gasteiger partial charge is 0.227 e. The summed E-state index contributed by atoms with van der Waals surface area (Å²) in [5.74, 6) is 1.54. The lowest BCUT2D eigenvalue weighted by atomic mass is 9.99. The molecular weight excluding hydrogens is 474 g/mol. The van der Waals surface area contributed by atoms with E-state index in [1.165, 1.54) is 12.3 Å². The van der Waals surface area contributed by atoms with Crippen molar-refractivity contribution < 1.29 is 28.2 Å². The van der Waals surface area contributed by atoms with Crippen molar-refractivity contribution in [1.82, 2.24) is 0 Å². The van der Waals surface area contributed by atoms with Gasteiger partial charge in [-0.25, -0.2) is 0 Å². The molecule has 0 aliphatic carbocycles. The molecule has 0 spiro atoms. The lowest BCUT2D eigenvalue weighted by molar-refractivity contribution is -0.171. The van der Waals surface area contributed by atoms with Crippen molar-refractivity contribution in [2.24, 2.45) is 0 Å². The van der Waals surface area contributed by atoms with Crippen LogP contribution in [0.15, 0.2) is 33.7 Å². The Kier molecular flexibility index (Phi) is 12.0. The Balaban J connectivity index is 1.40.